The Bertz CT molecular complexity index is 605. The number of allylic oxidation sites excluding steroid dienone is 2. The van der Waals surface area contributed by atoms with Crippen molar-refractivity contribution in [2.75, 3.05) is 40.6 Å². The number of hydrogen-bond donors (Lipinski definition) is 0. The fourth-order valence-electron chi connectivity index (χ4n) is 4.24. The predicted octanol–water partition coefficient (Wildman–Crippen LogP) is 18.2. The number of ether oxygens (including phenoxy) is 3. The van der Waals surface area contributed by atoms with E-state index in [2.05, 4.69) is 144 Å². The molecule has 4 heteroatoms. The largest absolute Gasteiger partial charge is 0.385 e. The van der Waals surface area contributed by atoms with Crippen molar-refractivity contribution < 1.29 is 19.0 Å². The molecule has 0 fully saturated rings. The number of Topliss-reactive ketones (excluding diaryl/α,β-unsaturated/α-hetero) is 1. The van der Waals surface area contributed by atoms with E-state index in [0.29, 0.717) is 18.1 Å². The third-order valence-corrected chi connectivity index (χ3v) is 7.82. The molecule has 0 bridgehead atoms. The number of ketones is 1. The Morgan fingerprint density at radius 2 is 0.825 bits per heavy atom. The number of unbranched alkanes of at least 4 members (excludes halogenated alkanes) is 2. The second-order valence-corrected chi connectivity index (χ2v) is 18.6. The SMILES string of the molecule is C/C=C/C(C)C.CCC(=O)CC(C)C.CCCC(C)C.CCCCC(C)C.CCCCC(C)C.CCOCCC(C)C.COCCC(C)C.COCCCC(C)C. The van der Waals surface area contributed by atoms with E-state index < -0.39 is 0 Å². The molecule has 0 atom stereocenters. The average molecular weight is 820 g/mol. The summed E-state index contributed by atoms with van der Waals surface area (Å²) in [6.45, 7) is 51.6. The topological polar surface area (TPSA) is 44.8 Å². The third kappa shape index (κ3) is 142. The van der Waals surface area contributed by atoms with Gasteiger partial charge in [0.05, 0.1) is 0 Å². The summed E-state index contributed by atoms with van der Waals surface area (Å²) >= 11 is 0. The summed E-state index contributed by atoms with van der Waals surface area (Å²) < 4.78 is 14.9. The van der Waals surface area contributed by atoms with Crippen molar-refractivity contribution in [2.45, 2.75) is 242 Å². The van der Waals surface area contributed by atoms with Crippen LogP contribution in [-0.2, 0) is 19.0 Å². The molecule has 0 radical (unpaired) electrons. The molecule has 0 saturated heterocycles. The molecule has 0 aromatic carbocycles. The van der Waals surface area contributed by atoms with E-state index in [-0.39, 0.29) is 0 Å². The second kappa shape index (κ2) is 67.1. The van der Waals surface area contributed by atoms with Crippen LogP contribution in [0.15, 0.2) is 12.2 Å². The third-order valence-electron chi connectivity index (χ3n) is 7.82. The van der Waals surface area contributed by atoms with E-state index in [1.165, 1.54) is 77.0 Å². The van der Waals surface area contributed by atoms with Gasteiger partial charge in [-0.25, -0.2) is 0 Å². The highest BCUT2D eigenvalue weighted by molar-refractivity contribution is 5.78. The number of hydrogen-bond acceptors (Lipinski definition) is 4. The van der Waals surface area contributed by atoms with Crippen molar-refractivity contribution in [3.05, 3.63) is 12.2 Å². The highest BCUT2D eigenvalue weighted by atomic mass is 16.5. The first-order valence-corrected chi connectivity index (χ1v) is 24.3. The fourth-order valence-corrected chi connectivity index (χ4v) is 4.24. The molecule has 57 heavy (non-hydrogen) atoms. The van der Waals surface area contributed by atoms with Gasteiger partial charge >= 0.3 is 0 Å². The van der Waals surface area contributed by atoms with Gasteiger partial charge in [-0.1, -0.05) is 202 Å². The molecule has 0 heterocycles. The maximum absolute atomic E-state index is 10.6. The van der Waals surface area contributed by atoms with Crippen molar-refractivity contribution in [1.29, 1.82) is 0 Å². The van der Waals surface area contributed by atoms with E-state index >= 15 is 0 Å². The average Bonchev–Trinajstić information content (AvgIpc) is 3.10. The predicted molar refractivity (Wildman–Crippen MR) is 266 cm³/mol. The molecule has 4 nitrogen and oxygen atoms in total. The molecule has 0 amide bonds. The molecular formula is C53H118O4. The first kappa shape index (κ1) is 73.8. The summed E-state index contributed by atoms with van der Waals surface area (Å²) in [7, 11) is 3.49. The lowest BCUT2D eigenvalue weighted by atomic mass is 10.1. The van der Waals surface area contributed by atoms with Crippen LogP contribution < -0.4 is 0 Å². The number of carbonyl (C=O) groups is 1. The summed E-state index contributed by atoms with van der Waals surface area (Å²) in [5.41, 5.74) is 0. The Labute approximate surface area is 366 Å². The van der Waals surface area contributed by atoms with Crippen LogP contribution in [-0.4, -0.2) is 46.4 Å². The quantitative estimate of drug-likeness (QED) is 0.0761. The van der Waals surface area contributed by atoms with Crippen LogP contribution >= 0.6 is 0 Å². The van der Waals surface area contributed by atoms with Crippen LogP contribution in [0.5, 0.6) is 0 Å². The lowest BCUT2D eigenvalue weighted by Gasteiger charge is -2.02. The van der Waals surface area contributed by atoms with Gasteiger partial charge in [-0.05, 0) is 86.9 Å². The normalized spacial score (nSPS) is 10.4. The Morgan fingerprint density at radius 3 is 0.982 bits per heavy atom. The molecule has 0 N–H and O–H groups in total. The van der Waals surface area contributed by atoms with Gasteiger partial charge in [-0.2, -0.15) is 0 Å². The second-order valence-electron chi connectivity index (χ2n) is 18.6. The minimum Gasteiger partial charge on any atom is -0.385 e. The fraction of sp³-hybridized carbons (Fsp3) is 0.943. The number of rotatable bonds is 23. The zero-order chi connectivity index (χ0) is 46.5. The molecule has 0 saturated carbocycles. The van der Waals surface area contributed by atoms with Gasteiger partial charge in [0.15, 0.2) is 0 Å². The van der Waals surface area contributed by atoms with Crippen LogP contribution in [0, 0.1) is 47.3 Å². The zero-order valence-corrected chi connectivity index (χ0v) is 44.6. The molecule has 0 rings (SSSR count). The monoisotopic (exact) mass is 819 g/mol. The van der Waals surface area contributed by atoms with E-state index in [0.717, 1.165) is 74.3 Å². The van der Waals surface area contributed by atoms with Crippen molar-refractivity contribution >= 4 is 5.78 Å². The van der Waals surface area contributed by atoms with Gasteiger partial charge < -0.3 is 14.2 Å². The molecule has 0 aliphatic rings. The summed E-state index contributed by atoms with van der Waals surface area (Å²) in [6.07, 6.45) is 21.5. The minimum absolute atomic E-state index is 0.375. The summed E-state index contributed by atoms with van der Waals surface area (Å²) in [4.78, 5) is 10.6. The summed E-state index contributed by atoms with van der Waals surface area (Å²) in [5, 5.41) is 0. The van der Waals surface area contributed by atoms with Crippen LogP contribution in [0.4, 0.5) is 0 Å². The van der Waals surface area contributed by atoms with Crippen molar-refractivity contribution in [3.8, 4) is 0 Å². The molecule has 354 valence electrons. The lowest BCUT2D eigenvalue weighted by Crippen LogP contribution is -1.99. The van der Waals surface area contributed by atoms with Crippen molar-refractivity contribution in [1.82, 2.24) is 0 Å². The number of methoxy groups -OCH3 is 2. The Morgan fingerprint density at radius 1 is 0.456 bits per heavy atom. The van der Waals surface area contributed by atoms with Gasteiger partial charge in [0.1, 0.15) is 5.78 Å². The molecule has 0 unspecified atom stereocenters. The smallest absolute Gasteiger partial charge is 0.132 e. The van der Waals surface area contributed by atoms with Crippen LogP contribution in [0.2, 0.25) is 0 Å². The van der Waals surface area contributed by atoms with Gasteiger partial charge in [0, 0.05) is 53.5 Å². The highest BCUT2D eigenvalue weighted by Gasteiger charge is 2.00. The van der Waals surface area contributed by atoms with Gasteiger partial charge in [0.25, 0.3) is 0 Å². The lowest BCUT2D eigenvalue weighted by molar-refractivity contribution is -0.119. The van der Waals surface area contributed by atoms with Gasteiger partial charge in [0.2, 0.25) is 0 Å². The van der Waals surface area contributed by atoms with E-state index in [1.54, 1.807) is 14.2 Å². The molecule has 0 aliphatic carbocycles. The van der Waals surface area contributed by atoms with E-state index in [1.807, 2.05) is 20.8 Å². The van der Waals surface area contributed by atoms with Gasteiger partial charge in [-0.15, -0.1) is 0 Å². The Hall–Kier alpha value is -0.710. The van der Waals surface area contributed by atoms with Gasteiger partial charge in [-0.3, -0.25) is 4.79 Å². The minimum atomic E-state index is 0.375. The first-order chi connectivity index (χ1) is 26.6. The van der Waals surface area contributed by atoms with Crippen LogP contribution in [0.1, 0.15) is 242 Å². The maximum atomic E-state index is 10.6. The molecule has 0 aromatic heterocycles. The molecule has 0 aromatic rings. The molecule has 0 aliphatic heterocycles. The summed E-state index contributed by atoms with van der Waals surface area (Å²) in [6, 6.07) is 0. The molecular weight excluding hydrogens is 701 g/mol. The van der Waals surface area contributed by atoms with E-state index in [4.69, 9.17) is 14.2 Å². The first-order valence-electron chi connectivity index (χ1n) is 24.3. The standard InChI is InChI=1S/2C7H16O.C7H14O.2C7H16.C6H14O.C6H14.C6H12/c1-7(2)5-4-6-8-3;1-4-8-6-5-7(2)3;1-4-7(8)5-6(2)3;2*1-4-5-6-7(2)3;1-6(2)4-5-7-3;2*1-4-5-6(2)3/h2*7H,4-6H2,1-3H3;6H,4-5H2,1-3H3;2*7H,4-6H2,1-3H3;6H,4-5H2,1-3H3;6H,4-5H2,1-3H3;4-6H,1-3H3/b;;;;;;;5-4+. The molecule has 0 spiro atoms. The highest BCUT2D eigenvalue weighted by Crippen LogP contribution is 2.06. The maximum Gasteiger partial charge on any atom is 0.132 e. The zero-order valence-electron chi connectivity index (χ0n) is 44.6. The summed E-state index contributed by atoms with van der Waals surface area (Å²) in [5.74, 6) is 6.71. The van der Waals surface area contributed by atoms with Crippen molar-refractivity contribution in [3.63, 3.8) is 0 Å². The van der Waals surface area contributed by atoms with Crippen LogP contribution in [0.25, 0.3) is 0 Å². The van der Waals surface area contributed by atoms with Crippen molar-refractivity contribution in [2.24, 2.45) is 47.3 Å². The van der Waals surface area contributed by atoms with E-state index in [9.17, 15) is 4.79 Å². The number of carbonyl (C=O) groups excluding carboxylic acids is 1. The van der Waals surface area contributed by atoms with Crippen LogP contribution in [0.3, 0.4) is 0 Å². The Kier molecular flexibility index (Phi) is 86.8. The Balaban J connectivity index is -0.0000000804.